The lowest BCUT2D eigenvalue weighted by molar-refractivity contribution is -0.122. The number of para-hydroxylation sites is 1. The van der Waals surface area contributed by atoms with Gasteiger partial charge in [-0.15, -0.1) is 0 Å². The highest BCUT2D eigenvalue weighted by Crippen LogP contribution is 2.32. The van der Waals surface area contributed by atoms with Crippen molar-refractivity contribution in [2.75, 3.05) is 18.1 Å². The normalized spacial score (nSPS) is 16.6. The maximum absolute atomic E-state index is 12.8. The Kier molecular flexibility index (Phi) is 5.13. The number of anilines is 1. The summed E-state index contributed by atoms with van der Waals surface area (Å²) >= 11 is 1.38. The first-order chi connectivity index (χ1) is 13.6. The van der Waals surface area contributed by atoms with E-state index in [4.69, 9.17) is 4.74 Å². The minimum atomic E-state index is -0.279. The molecule has 0 saturated carbocycles. The predicted molar refractivity (Wildman–Crippen MR) is 109 cm³/mol. The number of ether oxygens (including phenoxy) is 1. The van der Waals surface area contributed by atoms with Gasteiger partial charge in [-0.3, -0.25) is 14.2 Å². The topological polar surface area (TPSA) is 77.3 Å². The van der Waals surface area contributed by atoms with Gasteiger partial charge in [-0.1, -0.05) is 36.5 Å². The number of fused-ring (bicyclic) bond motifs is 1. The third-order valence-corrected chi connectivity index (χ3v) is 6.02. The number of nitrogens with zero attached hydrogens (tertiary/aromatic N) is 4. The van der Waals surface area contributed by atoms with Gasteiger partial charge in [-0.25, -0.2) is 9.97 Å². The largest absolute Gasteiger partial charge is 0.486 e. The van der Waals surface area contributed by atoms with Crippen molar-refractivity contribution >= 4 is 32.6 Å². The zero-order valence-electron chi connectivity index (χ0n) is 15.9. The van der Waals surface area contributed by atoms with E-state index in [1.807, 2.05) is 42.2 Å². The molecule has 0 amide bonds. The highest BCUT2D eigenvalue weighted by Gasteiger charge is 2.33. The molecule has 2 aromatic heterocycles. The van der Waals surface area contributed by atoms with Crippen molar-refractivity contribution < 1.29 is 9.53 Å². The van der Waals surface area contributed by atoms with Crippen molar-refractivity contribution in [2.24, 2.45) is 7.05 Å². The summed E-state index contributed by atoms with van der Waals surface area (Å²) in [5, 5.41) is 0.684. The number of aryl methyl sites for hydroxylation is 1. The standard InChI is InChI=1S/C20H22N4O3S/c1-3-16-21-18-17(19(26)23(16)2)22-20(28-18)24-11-7-10-14(24)15(25)12-27-13-8-5-4-6-9-13/h4-6,8-9,14H,3,7,10-12H2,1-2H3. The Morgan fingerprint density at radius 3 is 2.82 bits per heavy atom. The summed E-state index contributed by atoms with van der Waals surface area (Å²) in [4.78, 5) is 37.1. The molecule has 1 fully saturated rings. The van der Waals surface area contributed by atoms with Gasteiger partial charge in [0.15, 0.2) is 21.3 Å². The number of rotatable bonds is 6. The van der Waals surface area contributed by atoms with Crippen molar-refractivity contribution in [3.05, 3.63) is 46.5 Å². The Morgan fingerprint density at radius 1 is 1.29 bits per heavy atom. The average Bonchev–Trinajstić information content (AvgIpc) is 3.36. The molecule has 1 saturated heterocycles. The Balaban J connectivity index is 1.57. The van der Waals surface area contributed by atoms with Crippen LogP contribution in [0, 0.1) is 0 Å². The molecule has 0 N–H and O–H groups in total. The molecule has 1 aromatic carbocycles. The fraction of sp³-hybridized carbons (Fsp3) is 0.400. The summed E-state index contributed by atoms with van der Waals surface area (Å²) in [5.74, 6) is 1.44. The van der Waals surface area contributed by atoms with E-state index in [2.05, 4.69) is 9.97 Å². The van der Waals surface area contributed by atoms with Crippen LogP contribution >= 0.6 is 11.3 Å². The molecule has 146 valence electrons. The Labute approximate surface area is 166 Å². The average molecular weight is 398 g/mol. The number of benzene rings is 1. The summed E-state index contributed by atoms with van der Waals surface area (Å²) in [5.41, 5.74) is 0.233. The second kappa shape index (κ2) is 7.71. The van der Waals surface area contributed by atoms with Crippen molar-refractivity contribution in [1.82, 2.24) is 14.5 Å². The summed E-state index contributed by atoms with van der Waals surface area (Å²) in [6, 6.07) is 9.05. The summed E-state index contributed by atoms with van der Waals surface area (Å²) < 4.78 is 7.18. The fourth-order valence-electron chi connectivity index (χ4n) is 3.52. The number of carbonyl (C=O) groups excluding carboxylic acids is 1. The van der Waals surface area contributed by atoms with Gasteiger partial charge in [-0.05, 0) is 25.0 Å². The maximum atomic E-state index is 12.8. The van der Waals surface area contributed by atoms with Crippen LogP contribution < -0.4 is 15.2 Å². The molecule has 8 heteroatoms. The number of Topliss-reactive ketones (excluding diaryl/α,β-unsaturated/α-hetero) is 1. The summed E-state index contributed by atoms with van der Waals surface area (Å²) in [6.07, 6.45) is 2.35. The van der Waals surface area contributed by atoms with E-state index in [0.29, 0.717) is 27.6 Å². The maximum Gasteiger partial charge on any atom is 0.280 e. The molecule has 3 aromatic rings. The lowest BCUT2D eigenvalue weighted by Gasteiger charge is -2.22. The lowest BCUT2D eigenvalue weighted by Crippen LogP contribution is -2.38. The molecule has 0 radical (unpaired) electrons. The SMILES string of the molecule is CCc1nc2sc(N3CCCC3C(=O)COc3ccccc3)nc2c(=O)n1C. The van der Waals surface area contributed by atoms with E-state index in [-0.39, 0.29) is 24.0 Å². The Hall–Kier alpha value is -2.74. The lowest BCUT2D eigenvalue weighted by atomic mass is 10.1. The van der Waals surface area contributed by atoms with Gasteiger partial charge in [0.25, 0.3) is 5.56 Å². The highest BCUT2D eigenvalue weighted by molar-refractivity contribution is 7.21. The van der Waals surface area contributed by atoms with Gasteiger partial charge in [0, 0.05) is 20.0 Å². The van der Waals surface area contributed by atoms with E-state index in [9.17, 15) is 9.59 Å². The quantitative estimate of drug-likeness (QED) is 0.635. The van der Waals surface area contributed by atoms with Crippen molar-refractivity contribution in [1.29, 1.82) is 0 Å². The van der Waals surface area contributed by atoms with E-state index >= 15 is 0 Å². The number of thiazole rings is 1. The van der Waals surface area contributed by atoms with Crippen molar-refractivity contribution in [2.45, 2.75) is 32.2 Å². The molecule has 1 unspecified atom stereocenters. The van der Waals surface area contributed by atoms with Crippen molar-refractivity contribution in [3.8, 4) is 5.75 Å². The smallest absolute Gasteiger partial charge is 0.280 e. The number of carbonyl (C=O) groups is 1. The van der Waals surface area contributed by atoms with E-state index < -0.39 is 0 Å². The molecule has 0 spiro atoms. The Morgan fingerprint density at radius 2 is 2.07 bits per heavy atom. The van der Waals surface area contributed by atoms with Crippen LogP contribution in [0.5, 0.6) is 5.75 Å². The number of aromatic nitrogens is 3. The van der Waals surface area contributed by atoms with Gasteiger partial charge in [0.1, 0.15) is 18.2 Å². The molecule has 0 aliphatic carbocycles. The predicted octanol–water partition coefficient (Wildman–Crippen LogP) is 2.57. The second-order valence-electron chi connectivity index (χ2n) is 6.82. The monoisotopic (exact) mass is 398 g/mol. The van der Waals surface area contributed by atoms with Crippen LogP contribution in [0.15, 0.2) is 35.1 Å². The van der Waals surface area contributed by atoms with Crippen LogP contribution in [-0.2, 0) is 18.3 Å². The van der Waals surface area contributed by atoms with Crippen LogP contribution in [-0.4, -0.2) is 39.5 Å². The third-order valence-electron chi connectivity index (χ3n) is 5.03. The molecule has 28 heavy (non-hydrogen) atoms. The van der Waals surface area contributed by atoms with Crippen molar-refractivity contribution in [3.63, 3.8) is 0 Å². The molecule has 3 heterocycles. The molecule has 1 aliphatic heterocycles. The Bertz CT molecular complexity index is 1060. The number of hydrogen-bond donors (Lipinski definition) is 0. The van der Waals surface area contributed by atoms with Gasteiger partial charge < -0.3 is 9.64 Å². The van der Waals surface area contributed by atoms with Crippen LogP contribution in [0.2, 0.25) is 0 Å². The van der Waals surface area contributed by atoms with E-state index in [1.165, 1.54) is 11.3 Å². The first kappa shape index (κ1) is 18.6. The van der Waals surface area contributed by atoms with E-state index in [1.54, 1.807) is 11.6 Å². The molecular formula is C20H22N4O3S. The second-order valence-corrected chi connectivity index (χ2v) is 7.77. The molecule has 0 bridgehead atoms. The van der Waals surface area contributed by atoms with Gasteiger partial charge >= 0.3 is 0 Å². The van der Waals surface area contributed by atoms with Crippen LogP contribution in [0.4, 0.5) is 5.13 Å². The van der Waals surface area contributed by atoms with Gasteiger partial charge in [-0.2, -0.15) is 0 Å². The third kappa shape index (κ3) is 3.40. The number of ketones is 1. The minimum absolute atomic E-state index is 0.0238. The zero-order valence-corrected chi connectivity index (χ0v) is 16.7. The highest BCUT2D eigenvalue weighted by atomic mass is 32.1. The van der Waals surface area contributed by atoms with Gasteiger partial charge in [0.2, 0.25) is 0 Å². The molecule has 4 rings (SSSR count). The summed E-state index contributed by atoms with van der Waals surface area (Å²) in [6.45, 7) is 2.73. The molecular weight excluding hydrogens is 376 g/mol. The van der Waals surface area contributed by atoms with Gasteiger partial charge in [0.05, 0.1) is 6.04 Å². The first-order valence-corrected chi connectivity index (χ1v) is 10.2. The zero-order chi connectivity index (χ0) is 19.7. The summed E-state index contributed by atoms with van der Waals surface area (Å²) in [7, 11) is 1.72. The van der Waals surface area contributed by atoms with Crippen LogP contribution in [0.1, 0.15) is 25.6 Å². The minimum Gasteiger partial charge on any atom is -0.486 e. The molecule has 7 nitrogen and oxygen atoms in total. The first-order valence-electron chi connectivity index (χ1n) is 9.42. The molecule has 1 atom stereocenters. The van der Waals surface area contributed by atoms with E-state index in [0.717, 1.165) is 25.2 Å². The van der Waals surface area contributed by atoms with Crippen LogP contribution in [0.3, 0.4) is 0 Å². The van der Waals surface area contributed by atoms with Crippen LogP contribution in [0.25, 0.3) is 10.3 Å². The fourth-order valence-corrected chi connectivity index (χ4v) is 4.55. The molecule has 1 aliphatic rings. The number of hydrogen-bond acceptors (Lipinski definition) is 7.